The quantitative estimate of drug-likeness (QED) is 0.606. The topological polar surface area (TPSA) is 46.3 Å². The van der Waals surface area contributed by atoms with Crippen molar-refractivity contribution in [1.82, 2.24) is 9.88 Å². The minimum Gasteiger partial charge on any atom is -0.441 e. The molecule has 0 N–H and O–H groups in total. The standard InChI is InChI=1S/C22H28N2O2/c1-4-7-9-20-23-18-16-17(10-11-19(18)26-20)21(25)24-15-8-14-22(24,12-5-2)13-6-3/h5-6,10-11,16H,2-4,7-9,12-15H2,1H3. The first-order chi connectivity index (χ1) is 12.6. The lowest BCUT2D eigenvalue weighted by atomic mass is 9.88. The van der Waals surface area contributed by atoms with E-state index in [2.05, 4.69) is 25.1 Å². The van der Waals surface area contributed by atoms with E-state index in [0.717, 1.165) is 68.5 Å². The van der Waals surface area contributed by atoms with Crippen LogP contribution >= 0.6 is 0 Å². The van der Waals surface area contributed by atoms with Gasteiger partial charge in [0, 0.05) is 18.5 Å². The average molecular weight is 352 g/mol. The summed E-state index contributed by atoms with van der Waals surface area (Å²) in [6.45, 7) is 10.7. The van der Waals surface area contributed by atoms with Crippen molar-refractivity contribution in [2.24, 2.45) is 0 Å². The molecule has 1 fully saturated rings. The normalized spacial score (nSPS) is 16.1. The third-order valence-electron chi connectivity index (χ3n) is 5.31. The van der Waals surface area contributed by atoms with E-state index in [-0.39, 0.29) is 11.4 Å². The molecule has 1 aliphatic rings. The third-order valence-corrected chi connectivity index (χ3v) is 5.31. The first-order valence-electron chi connectivity index (χ1n) is 9.57. The molecule has 1 aliphatic heterocycles. The number of oxazole rings is 1. The molecule has 3 rings (SSSR count). The van der Waals surface area contributed by atoms with Crippen LogP contribution in [0, 0.1) is 0 Å². The van der Waals surface area contributed by atoms with E-state index < -0.39 is 0 Å². The summed E-state index contributed by atoms with van der Waals surface area (Å²) in [5.41, 5.74) is 2.00. The second-order valence-electron chi connectivity index (χ2n) is 7.16. The number of benzene rings is 1. The SMILES string of the molecule is C=CCC1(CC=C)CCCN1C(=O)c1ccc2oc(CCCC)nc2c1. The molecule has 0 aliphatic carbocycles. The number of likely N-dealkylation sites (tertiary alicyclic amines) is 1. The van der Waals surface area contributed by atoms with E-state index >= 15 is 0 Å². The Bertz CT molecular complexity index is 796. The van der Waals surface area contributed by atoms with Crippen molar-refractivity contribution in [2.45, 2.75) is 57.4 Å². The lowest BCUT2D eigenvalue weighted by Crippen LogP contribution is -2.46. The van der Waals surface area contributed by atoms with E-state index in [1.807, 2.05) is 35.3 Å². The molecule has 0 bridgehead atoms. The van der Waals surface area contributed by atoms with Crippen LogP contribution in [0.3, 0.4) is 0 Å². The van der Waals surface area contributed by atoms with Crippen LogP contribution < -0.4 is 0 Å². The van der Waals surface area contributed by atoms with E-state index in [4.69, 9.17) is 4.42 Å². The van der Waals surface area contributed by atoms with Gasteiger partial charge in [-0.2, -0.15) is 0 Å². The predicted octanol–water partition coefficient (Wildman–Crippen LogP) is 5.30. The minimum absolute atomic E-state index is 0.0613. The molecule has 2 heterocycles. The van der Waals surface area contributed by atoms with Gasteiger partial charge in [0.2, 0.25) is 0 Å². The Labute approximate surface area is 155 Å². The van der Waals surface area contributed by atoms with Crippen LogP contribution in [-0.4, -0.2) is 27.9 Å². The fourth-order valence-corrected chi connectivity index (χ4v) is 4.00. The smallest absolute Gasteiger partial charge is 0.254 e. The molecule has 0 atom stereocenters. The van der Waals surface area contributed by atoms with Crippen molar-refractivity contribution in [2.75, 3.05) is 6.54 Å². The van der Waals surface area contributed by atoms with Gasteiger partial charge >= 0.3 is 0 Å². The van der Waals surface area contributed by atoms with Gasteiger partial charge in [0.1, 0.15) is 5.52 Å². The lowest BCUT2D eigenvalue weighted by molar-refractivity contribution is 0.0601. The number of rotatable bonds is 8. The fraction of sp³-hybridized carbons (Fsp3) is 0.455. The van der Waals surface area contributed by atoms with Crippen molar-refractivity contribution >= 4 is 17.0 Å². The number of aryl methyl sites for hydroxylation is 1. The number of carbonyl (C=O) groups excluding carboxylic acids is 1. The molecular weight excluding hydrogens is 324 g/mol. The van der Waals surface area contributed by atoms with Crippen LogP contribution in [0.2, 0.25) is 0 Å². The van der Waals surface area contributed by atoms with Gasteiger partial charge in [-0.05, 0) is 50.3 Å². The lowest BCUT2D eigenvalue weighted by Gasteiger charge is -2.37. The van der Waals surface area contributed by atoms with Gasteiger partial charge < -0.3 is 9.32 Å². The number of carbonyl (C=O) groups is 1. The minimum atomic E-state index is -0.189. The molecule has 0 radical (unpaired) electrons. The van der Waals surface area contributed by atoms with E-state index in [9.17, 15) is 4.79 Å². The summed E-state index contributed by atoms with van der Waals surface area (Å²) in [5, 5.41) is 0. The Kier molecular flexibility index (Phi) is 5.60. The Hall–Kier alpha value is -2.36. The molecule has 138 valence electrons. The molecule has 0 spiro atoms. The van der Waals surface area contributed by atoms with Crippen molar-refractivity contribution < 1.29 is 9.21 Å². The van der Waals surface area contributed by atoms with Crippen LogP contribution in [0.1, 0.15) is 61.7 Å². The number of fused-ring (bicyclic) bond motifs is 1. The number of unbranched alkanes of at least 4 members (excludes halogenated alkanes) is 1. The summed E-state index contributed by atoms with van der Waals surface area (Å²) in [7, 11) is 0. The number of hydrogen-bond acceptors (Lipinski definition) is 3. The average Bonchev–Trinajstić information content (AvgIpc) is 3.23. The van der Waals surface area contributed by atoms with Gasteiger partial charge in [0.15, 0.2) is 11.5 Å². The highest BCUT2D eigenvalue weighted by Crippen LogP contribution is 2.37. The van der Waals surface area contributed by atoms with Crippen molar-refractivity contribution in [3.05, 3.63) is 55.0 Å². The van der Waals surface area contributed by atoms with E-state index in [1.165, 1.54) is 0 Å². The molecule has 1 amide bonds. The highest BCUT2D eigenvalue weighted by Gasteiger charge is 2.41. The highest BCUT2D eigenvalue weighted by atomic mass is 16.3. The molecule has 4 nitrogen and oxygen atoms in total. The Balaban J connectivity index is 1.88. The van der Waals surface area contributed by atoms with Gasteiger partial charge in [-0.3, -0.25) is 4.79 Å². The maximum atomic E-state index is 13.2. The summed E-state index contributed by atoms with van der Waals surface area (Å²) in [6, 6.07) is 5.58. The summed E-state index contributed by atoms with van der Waals surface area (Å²) >= 11 is 0. The van der Waals surface area contributed by atoms with Gasteiger partial charge in [-0.15, -0.1) is 13.2 Å². The molecule has 2 aromatic rings. The summed E-state index contributed by atoms with van der Waals surface area (Å²) in [5.74, 6) is 0.812. The molecule has 0 saturated carbocycles. The van der Waals surface area contributed by atoms with E-state index in [0.29, 0.717) is 5.56 Å². The Morgan fingerprint density at radius 2 is 2.12 bits per heavy atom. The van der Waals surface area contributed by atoms with Crippen molar-refractivity contribution in [3.63, 3.8) is 0 Å². The zero-order valence-corrected chi connectivity index (χ0v) is 15.7. The largest absolute Gasteiger partial charge is 0.441 e. The van der Waals surface area contributed by atoms with Crippen LogP contribution in [0.4, 0.5) is 0 Å². The highest BCUT2D eigenvalue weighted by molar-refractivity contribution is 5.97. The number of aromatic nitrogens is 1. The van der Waals surface area contributed by atoms with Crippen molar-refractivity contribution in [3.8, 4) is 0 Å². The molecule has 0 unspecified atom stereocenters. The van der Waals surface area contributed by atoms with Gasteiger partial charge in [0.25, 0.3) is 5.91 Å². The first kappa shape index (κ1) is 18.4. The first-order valence-corrected chi connectivity index (χ1v) is 9.57. The van der Waals surface area contributed by atoms with Gasteiger partial charge in [-0.1, -0.05) is 25.5 Å². The summed E-state index contributed by atoms with van der Waals surface area (Å²) in [6.07, 6.45) is 10.4. The van der Waals surface area contributed by atoms with Crippen LogP contribution in [-0.2, 0) is 6.42 Å². The monoisotopic (exact) mass is 352 g/mol. The zero-order chi connectivity index (χ0) is 18.6. The molecular formula is C22H28N2O2. The zero-order valence-electron chi connectivity index (χ0n) is 15.7. The van der Waals surface area contributed by atoms with Crippen LogP contribution in [0.25, 0.3) is 11.1 Å². The van der Waals surface area contributed by atoms with Crippen LogP contribution in [0.5, 0.6) is 0 Å². The molecule has 4 heteroatoms. The number of hydrogen-bond donors (Lipinski definition) is 0. The summed E-state index contributed by atoms with van der Waals surface area (Å²) in [4.78, 5) is 19.8. The third kappa shape index (κ3) is 3.46. The molecule has 1 saturated heterocycles. The number of nitrogens with zero attached hydrogens (tertiary/aromatic N) is 2. The van der Waals surface area contributed by atoms with Crippen LogP contribution in [0.15, 0.2) is 47.9 Å². The maximum absolute atomic E-state index is 13.2. The Morgan fingerprint density at radius 3 is 2.81 bits per heavy atom. The molecule has 26 heavy (non-hydrogen) atoms. The number of amides is 1. The summed E-state index contributed by atoms with van der Waals surface area (Å²) < 4.78 is 5.79. The predicted molar refractivity (Wildman–Crippen MR) is 105 cm³/mol. The van der Waals surface area contributed by atoms with Gasteiger partial charge in [-0.25, -0.2) is 4.98 Å². The molecule has 1 aromatic heterocycles. The second kappa shape index (κ2) is 7.90. The molecule has 1 aromatic carbocycles. The fourth-order valence-electron chi connectivity index (χ4n) is 4.00. The Morgan fingerprint density at radius 1 is 1.35 bits per heavy atom. The van der Waals surface area contributed by atoms with E-state index in [1.54, 1.807) is 0 Å². The van der Waals surface area contributed by atoms with Gasteiger partial charge in [0.05, 0.1) is 5.54 Å². The second-order valence-corrected chi connectivity index (χ2v) is 7.16. The van der Waals surface area contributed by atoms with Crippen molar-refractivity contribution in [1.29, 1.82) is 0 Å². The maximum Gasteiger partial charge on any atom is 0.254 e.